The van der Waals surface area contributed by atoms with Gasteiger partial charge in [0.2, 0.25) is 0 Å². The zero-order valence-electron chi connectivity index (χ0n) is 15.9. The van der Waals surface area contributed by atoms with Gasteiger partial charge in [-0.25, -0.2) is 9.67 Å². The minimum Gasteiger partial charge on any atom is -0.496 e. The van der Waals surface area contributed by atoms with Crippen molar-refractivity contribution in [3.63, 3.8) is 0 Å². The van der Waals surface area contributed by atoms with Crippen molar-refractivity contribution < 1.29 is 9.47 Å². The molecule has 0 unspecified atom stereocenters. The van der Waals surface area contributed by atoms with E-state index in [9.17, 15) is 0 Å². The van der Waals surface area contributed by atoms with Gasteiger partial charge in [0.25, 0.3) is 0 Å². The van der Waals surface area contributed by atoms with Gasteiger partial charge in [-0.2, -0.15) is 0 Å². The monoisotopic (exact) mass is 467 g/mol. The van der Waals surface area contributed by atoms with Gasteiger partial charge in [-0.05, 0) is 36.4 Å². The smallest absolute Gasteiger partial charge is 0.183 e. The van der Waals surface area contributed by atoms with Crippen LogP contribution in [0.2, 0.25) is 30.8 Å². The molecule has 3 aromatic rings. The number of pyridine rings is 1. The second kappa shape index (κ2) is 8.30. The van der Waals surface area contributed by atoms with E-state index in [0.29, 0.717) is 17.5 Å². The molecule has 0 radical (unpaired) electrons. The van der Waals surface area contributed by atoms with E-state index in [1.165, 1.54) is 0 Å². The van der Waals surface area contributed by atoms with E-state index in [0.717, 1.165) is 39.5 Å². The van der Waals surface area contributed by atoms with Gasteiger partial charge in [0.1, 0.15) is 17.6 Å². The van der Waals surface area contributed by atoms with Crippen molar-refractivity contribution in [3.8, 4) is 17.0 Å². The van der Waals surface area contributed by atoms with E-state index >= 15 is 0 Å². The Kier molecular flexibility index (Phi) is 6.25. The second-order valence-electron chi connectivity index (χ2n) is 7.55. The zero-order valence-corrected chi connectivity index (χ0v) is 19.3. The average molecular weight is 469 g/mol. The van der Waals surface area contributed by atoms with Gasteiger partial charge in [-0.3, -0.25) is 0 Å². The number of hydrogen-bond acceptors (Lipinski definition) is 4. The lowest BCUT2D eigenvalue weighted by molar-refractivity contribution is 0.0802. The van der Waals surface area contributed by atoms with Gasteiger partial charge < -0.3 is 9.47 Å². The minimum atomic E-state index is -1.15. The summed E-state index contributed by atoms with van der Waals surface area (Å²) < 4.78 is 14.3. The third-order valence-corrected chi connectivity index (χ3v) is 6.60. The summed E-state index contributed by atoms with van der Waals surface area (Å²) in [5.74, 6) is 0.762. The first-order valence-corrected chi connectivity index (χ1v) is 13.6. The summed E-state index contributed by atoms with van der Waals surface area (Å²) in [6, 6.07) is 10.7. The summed E-state index contributed by atoms with van der Waals surface area (Å²) >= 11 is 9.62. The Bertz CT molecular complexity index is 956. The number of benzene rings is 1. The predicted molar refractivity (Wildman–Crippen MR) is 116 cm³/mol. The summed E-state index contributed by atoms with van der Waals surface area (Å²) in [6.07, 6.45) is 0. The highest BCUT2D eigenvalue weighted by atomic mass is 79.9. The van der Waals surface area contributed by atoms with E-state index in [-0.39, 0.29) is 0 Å². The van der Waals surface area contributed by atoms with Crippen LogP contribution in [0.25, 0.3) is 22.3 Å². The van der Waals surface area contributed by atoms with Gasteiger partial charge in [-0.1, -0.05) is 47.2 Å². The van der Waals surface area contributed by atoms with Crippen LogP contribution < -0.4 is 4.74 Å². The van der Waals surface area contributed by atoms with Crippen LogP contribution in [0.1, 0.15) is 0 Å². The fraction of sp³-hybridized carbons (Fsp3) is 0.368. The molecule has 2 aromatic heterocycles. The number of halogens is 2. The first-order chi connectivity index (χ1) is 12.8. The lowest BCUT2D eigenvalue weighted by atomic mass is 10.1. The molecule has 0 N–H and O–H groups in total. The molecule has 1 aromatic carbocycles. The maximum Gasteiger partial charge on any atom is 0.183 e. The standard InChI is InChI=1S/C19H23BrClN3O2Si/c1-25-16-7-5-13(20)11-15(16)18-14-6-8-17(21)22-19(14)23-24(18)12-26-9-10-27(2,3)4/h5-8,11H,9-10,12H2,1-4H3. The van der Waals surface area contributed by atoms with Crippen LogP contribution in [0, 0.1) is 0 Å². The Morgan fingerprint density at radius 3 is 2.67 bits per heavy atom. The number of nitrogens with zero attached hydrogens (tertiary/aromatic N) is 3. The highest BCUT2D eigenvalue weighted by Gasteiger charge is 2.19. The Morgan fingerprint density at radius 1 is 1.19 bits per heavy atom. The van der Waals surface area contributed by atoms with Crippen LogP contribution >= 0.6 is 27.5 Å². The van der Waals surface area contributed by atoms with Crippen LogP contribution in [0.15, 0.2) is 34.8 Å². The van der Waals surface area contributed by atoms with Crippen molar-refractivity contribution in [2.45, 2.75) is 32.4 Å². The molecule has 2 heterocycles. The van der Waals surface area contributed by atoms with Crippen molar-refractivity contribution in [1.82, 2.24) is 14.8 Å². The molecule has 8 heteroatoms. The SMILES string of the molecule is COc1ccc(Br)cc1-c1c2ccc(Cl)nc2nn1COCC[Si](C)(C)C. The molecular weight excluding hydrogens is 446 g/mol. The summed E-state index contributed by atoms with van der Waals surface area (Å²) in [4.78, 5) is 4.36. The minimum absolute atomic E-state index is 0.351. The molecule has 0 aliphatic heterocycles. The molecule has 0 bridgehead atoms. The number of rotatable bonds is 7. The van der Waals surface area contributed by atoms with E-state index < -0.39 is 8.07 Å². The molecule has 5 nitrogen and oxygen atoms in total. The van der Waals surface area contributed by atoms with E-state index in [1.807, 2.05) is 28.9 Å². The largest absolute Gasteiger partial charge is 0.496 e. The highest BCUT2D eigenvalue weighted by molar-refractivity contribution is 9.10. The maximum absolute atomic E-state index is 6.07. The second-order valence-corrected chi connectivity index (χ2v) is 14.5. The summed E-state index contributed by atoms with van der Waals surface area (Å²) in [7, 11) is 0.517. The van der Waals surface area contributed by atoms with E-state index in [4.69, 9.17) is 21.1 Å². The van der Waals surface area contributed by atoms with Crippen molar-refractivity contribution in [2.75, 3.05) is 13.7 Å². The Balaban J connectivity index is 2.03. The van der Waals surface area contributed by atoms with Crippen LogP contribution in [-0.2, 0) is 11.5 Å². The fourth-order valence-corrected chi connectivity index (χ4v) is 4.02. The molecule has 0 aliphatic carbocycles. The molecule has 0 aliphatic rings. The van der Waals surface area contributed by atoms with Crippen LogP contribution in [0.4, 0.5) is 0 Å². The van der Waals surface area contributed by atoms with Crippen molar-refractivity contribution in [1.29, 1.82) is 0 Å². The van der Waals surface area contributed by atoms with Crippen LogP contribution in [0.5, 0.6) is 5.75 Å². The Hall–Kier alpha value is -1.41. The predicted octanol–water partition coefficient (Wildman–Crippen LogP) is 5.84. The maximum atomic E-state index is 6.07. The van der Waals surface area contributed by atoms with Crippen LogP contribution in [0.3, 0.4) is 0 Å². The van der Waals surface area contributed by atoms with Crippen molar-refractivity contribution in [2.24, 2.45) is 0 Å². The van der Waals surface area contributed by atoms with Gasteiger partial charge >= 0.3 is 0 Å². The normalized spacial score (nSPS) is 11.9. The van der Waals surface area contributed by atoms with Crippen molar-refractivity contribution in [3.05, 3.63) is 40.0 Å². The molecule has 0 saturated heterocycles. The Labute approximate surface area is 173 Å². The van der Waals surface area contributed by atoms with E-state index in [2.05, 4.69) is 45.7 Å². The first-order valence-electron chi connectivity index (χ1n) is 8.73. The highest BCUT2D eigenvalue weighted by Crippen LogP contribution is 2.37. The third-order valence-electron chi connectivity index (χ3n) is 4.20. The summed E-state index contributed by atoms with van der Waals surface area (Å²) in [6.45, 7) is 8.07. The summed E-state index contributed by atoms with van der Waals surface area (Å²) in [5.41, 5.74) is 2.42. The van der Waals surface area contributed by atoms with Gasteiger partial charge in [0, 0.05) is 30.1 Å². The Morgan fingerprint density at radius 2 is 1.96 bits per heavy atom. The molecule has 0 fully saturated rings. The molecule has 144 valence electrons. The van der Waals surface area contributed by atoms with Gasteiger partial charge in [0.05, 0.1) is 12.8 Å². The molecule has 0 saturated carbocycles. The molecule has 3 rings (SSSR count). The van der Waals surface area contributed by atoms with Crippen molar-refractivity contribution >= 4 is 46.6 Å². The topological polar surface area (TPSA) is 49.2 Å². The lowest BCUT2D eigenvalue weighted by Gasteiger charge is -2.16. The molecule has 0 atom stereocenters. The van der Waals surface area contributed by atoms with E-state index in [1.54, 1.807) is 13.2 Å². The quantitative estimate of drug-likeness (QED) is 0.248. The number of aromatic nitrogens is 3. The van der Waals surface area contributed by atoms with Crippen LogP contribution in [-0.4, -0.2) is 36.6 Å². The number of ether oxygens (including phenoxy) is 2. The average Bonchev–Trinajstić information content (AvgIpc) is 2.95. The molecule has 0 amide bonds. The third kappa shape index (κ3) is 4.90. The number of fused-ring (bicyclic) bond motifs is 1. The summed E-state index contributed by atoms with van der Waals surface area (Å²) in [5, 5.41) is 5.95. The number of hydrogen-bond donors (Lipinski definition) is 0. The number of methoxy groups -OCH3 is 1. The fourth-order valence-electron chi connectivity index (χ4n) is 2.76. The van der Waals surface area contributed by atoms with Gasteiger partial charge in [-0.15, -0.1) is 5.10 Å². The molecule has 27 heavy (non-hydrogen) atoms. The molecular formula is C19H23BrClN3O2Si. The van der Waals surface area contributed by atoms with Gasteiger partial charge in [0.15, 0.2) is 5.65 Å². The lowest BCUT2D eigenvalue weighted by Crippen LogP contribution is -2.22. The molecule has 0 spiro atoms. The first kappa shape index (κ1) is 20.3. The zero-order chi connectivity index (χ0) is 19.6.